The molecule has 3 nitrogen and oxygen atoms in total. The number of benzene rings is 1. The van der Waals surface area contributed by atoms with Crippen molar-refractivity contribution in [2.24, 2.45) is 5.73 Å². The zero-order valence-electron chi connectivity index (χ0n) is 9.51. The Labute approximate surface area is 95.4 Å². The van der Waals surface area contributed by atoms with E-state index in [0.29, 0.717) is 5.82 Å². The van der Waals surface area contributed by atoms with Crippen molar-refractivity contribution in [1.82, 2.24) is 9.97 Å². The van der Waals surface area contributed by atoms with Crippen molar-refractivity contribution in [1.29, 1.82) is 0 Å². The Morgan fingerprint density at radius 1 is 1.06 bits per heavy atom. The maximum atomic E-state index is 6.11. The van der Waals surface area contributed by atoms with Gasteiger partial charge in [0, 0.05) is 12.4 Å². The van der Waals surface area contributed by atoms with Crippen molar-refractivity contribution in [3.05, 3.63) is 59.2 Å². The number of aromatic nitrogens is 2. The molecule has 0 aliphatic carbocycles. The van der Waals surface area contributed by atoms with Gasteiger partial charge in [-0.05, 0) is 25.0 Å². The van der Waals surface area contributed by atoms with Crippen LogP contribution in [0.1, 0.15) is 28.6 Å². The molecule has 2 N–H and O–H groups in total. The highest BCUT2D eigenvalue weighted by Crippen LogP contribution is 2.16. The minimum Gasteiger partial charge on any atom is -0.318 e. The summed E-state index contributed by atoms with van der Waals surface area (Å²) in [6.07, 6.45) is 3.58. The minimum absolute atomic E-state index is 0.250. The second kappa shape index (κ2) is 4.41. The molecule has 0 bridgehead atoms. The molecule has 1 aromatic carbocycles. The fraction of sp³-hybridized carbons (Fsp3) is 0.231. The van der Waals surface area contributed by atoms with Gasteiger partial charge in [-0.3, -0.25) is 0 Å². The van der Waals surface area contributed by atoms with Crippen molar-refractivity contribution in [3.63, 3.8) is 0 Å². The highest BCUT2D eigenvalue weighted by Gasteiger charge is 2.11. The summed E-state index contributed by atoms with van der Waals surface area (Å²) in [5.41, 5.74) is 9.39. The Kier molecular flexibility index (Phi) is 2.97. The average Bonchev–Trinajstić information content (AvgIpc) is 2.29. The summed E-state index contributed by atoms with van der Waals surface area (Å²) in [7, 11) is 0. The molecule has 0 amide bonds. The fourth-order valence-electron chi connectivity index (χ4n) is 1.58. The van der Waals surface area contributed by atoms with Crippen molar-refractivity contribution >= 4 is 0 Å². The lowest BCUT2D eigenvalue weighted by Gasteiger charge is -2.11. The molecule has 2 aromatic rings. The van der Waals surface area contributed by atoms with Crippen LogP contribution in [-0.2, 0) is 0 Å². The second-order valence-corrected chi connectivity index (χ2v) is 4.01. The lowest BCUT2D eigenvalue weighted by Crippen LogP contribution is -2.15. The first kappa shape index (κ1) is 10.8. The van der Waals surface area contributed by atoms with E-state index in [9.17, 15) is 0 Å². The molecule has 0 aliphatic rings. The first-order chi connectivity index (χ1) is 7.66. The van der Waals surface area contributed by atoms with Gasteiger partial charge in [0.05, 0.1) is 6.04 Å². The monoisotopic (exact) mass is 213 g/mol. The summed E-state index contributed by atoms with van der Waals surface area (Å²) in [6.45, 7) is 4.01. The molecule has 1 atom stereocenters. The van der Waals surface area contributed by atoms with Crippen molar-refractivity contribution < 1.29 is 0 Å². The molecule has 0 aliphatic heterocycles. The third kappa shape index (κ3) is 2.25. The van der Waals surface area contributed by atoms with E-state index in [4.69, 9.17) is 5.73 Å². The lowest BCUT2D eigenvalue weighted by atomic mass is 10.0. The van der Waals surface area contributed by atoms with E-state index in [1.807, 2.05) is 32.0 Å². The summed E-state index contributed by atoms with van der Waals surface area (Å²) >= 11 is 0. The summed E-state index contributed by atoms with van der Waals surface area (Å²) in [4.78, 5) is 8.50. The van der Waals surface area contributed by atoms with Crippen LogP contribution in [0, 0.1) is 13.8 Å². The van der Waals surface area contributed by atoms with Gasteiger partial charge in [0.15, 0.2) is 0 Å². The number of rotatable bonds is 2. The first-order valence-electron chi connectivity index (χ1n) is 5.27. The van der Waals surface area contributed by atoms with Gasteiger partial charge < -0.3 is 5.73 Å². The minimum atomic E-state index is -0.250. The lowest BCUT2D eigenvalue weighted by molar-refractivity contribution is 0.776. The molecule has 82 valence electrons. The van der Waals surface area contributed by atoms with E-state index in [-0.39, 0.29) is 6.04 Å². The summed E-state index contributed by atoms with van der Waals surface area (Å²) in [6, 6.07) is 7.86. The predicted molar refractivity (Wildman–Crippen MR) is 64.0 cm³/mol. The van der Waals surface area contributed by atoms with Gasteiger partial charge in [-0.15, -0.1) is 0 Å². The van der Waals surface area contributed by atoms with Crippen LogP contribution in [0.25, 0.3) is 0 Å². The molecule has 1 heterocycles. The smallest absolute Gasteiger partial charge is 0.149 e. The van der Waals surface area contributed by atoms with E-state index in [1.54, 1.807) is 12.4 Å². The number of nitrogens with two attached hydrogens (primary N) is 1. The Hall–Kier alpha value is -1.74. The van der Waals surface area contributed by atoms with Gasteiger partial charge >= 0.3 is 0 Å². The molecule has 2 rings (SSSR count). The molecule has 0 spiro atoms. The Morgan fingerprint density at radius 2 is 1.75 bits per heavy atom. The Bertz CT molecular complexity index is 477. The van der Waals surface area contributed by atoms with E-state index < -0.39 is 0 Å². The summed E-state index contributed by atoms with van der Waals surface area (Å²) in [5, 5.41) is 0. The molecule has 0 radical (unpaired) electrons. The second-order valence-electron chi connectivity index (χ2n) is 4.01. The fourth-order valence-corrected chi connectivity index (χ4v) is 1.58. The topological polar surface area (TPSA) is 51.8 Å². The molecular weight excluding hydrogens is 198 g/mol. The van der Waals surface area contributed by atoms with Gasteiger partial charge in [0.25, 0.3) is 0 Å². The van der Waals surface area contributed by atoms with Crippen molar-refractivity contribution in [2.45, 2.75) is 19.9 Å². The largest absolute Gasteiger partial charge is 0.318 e. The van der Waals surface area contributed by atoms with Crippen LogP contribution in [0.5, 0.6) is 0 Å². The SMILES string of the molecule is Cc1cnc(C(N)c2cccc(C)c2)nc1. The van der Waals surface area contributed by atoms with Gasteiger partial charge in [-0.2, -0.15) is 0 Å². The first-order valence-corrected chi connectivity index (χ1v) is 5.27. The summed E-state index contributed by atoms with van der Waals surface area (Å²) in [5.74, 6) is 0.663. The van der Waals surface area contributed by atoms with Gasteiger partial charge in [-0.1, -0.05) is 29.8 Å². The summed E-state index contributed by atoms with van der Waals surface area (Å²) < 4.78 is 0. The third-order valence-electron chi connectivity index (χ3n) is 2.48. The maximum absolute atomic E-state index is 6.11. The predicted octanol–water partition coefficient (Wildman–Crippen LogP) is 2.14. The molecule has 3 heteroatoms. The van der Waals surface area contributed by atoms with E-state index in [0.717, 1.165) is 11.1 Å². The van der Waals surface area contributed by atoms with Crippen LogP contribution in [0.15, 0.2) is 36.7 Å². The Morgan fingerprint density at radius 3 is 2.38 bits per heavy atom. The molecular formula is C13H15N3. The molecule has 0 fully saturated rings. The van der Waals surface area contributed by atoms with Crippen LogP contribution in [0.2, 0.25) is 0 Å². The van der Waals surface area contributed by atoms with Crippen LogP contribution in [-0.4, -0.2) is 9.97 Å². The van der Waals surface area contributed by atoms with Crippen LogP contribution >= 0.6 is 0 Å². The molecule has 0 saturated carbocycles. The quantitative estimate of drug-likeness (QED) is 0.831. The number of aryl methyl sites for hydroxylation is 2. The third-order valence-corrected chi connectivity index (χ3v) is 2.48. The van der Waals surface area contributed by atoms with E-state index in [2.05, 4.69) is 16.0 Å². The molecule has 16 heavy (non-hydrogen) atoms. The average molecular weight is 213 g/mol. The standard InChI is InChI=1S/C13H15N3/c1-9-4-3-5-11(6-9)12(14)13-15-7-10(2)8-16-13/h3-8,12H,14H2,1-2H3. The Balaban J connectivity index is 2.31. The zero-order chi connectivity index (χ0) is 11.5. The molecule has 1 unspecified atom stereocenters. The number of hydrogen-bond acceptors (Lipinski definition) is 3. The normalized spacial score (nSPS) is 12.4. The highest BCUT2D eigenvalue weighted by molar-refractivity contribution is 5.28. The van der Waals surface area contributed by atoms with Crippen LogP contribution < -0.4 is 5.73 Å². The highest BCUT2D eigenvalue weighted by atomic mass is 14.9. The van der Waals surface area contributed by atoms with Gasteiger partial charge in [0.1, 0.15) is 5.82 Å². The van der Waals surface area contributed by atoms with Crippen LogP contribution in [0.4, 0.5) is 0 Å². The molecule has 0 saturated heterocycles. The maximum Gasteiger partial charge on any atom is 0.149 e. The number of hydrogen-bond donors (Lipinski definition) is 1. The van der Waals surface area contributed by atoms with E-state index in [1.165, 1.54) is 5.56 Å². The number of nitrogens with zero attached hydrogens (tertiary/aromatic N) is 2. The molecule has 1 aromatic heterocycles. The van der Waals surface area contributed by atoms with Crippen LogP contribution in [0.3, 0.4) is 0 Å². The van der Waals surface area contributed by atoms with E-state index >= 15 is 0 Å². The van der Waals surface area contributed by atoms with Crippen molar-refractivity contribution in [3.8, 4) is 0 Å². The van der Waals surface area contributed by atoms with Crippen molar-refractivity contribution in [2.75, 3.05) is 0 Å². The van der Waals surface area contributed by atoms with Gasteiger partial charge in [-0.25, -0.2) is 9.97 Å². The zero-order valence-corrected chi connectivity index (χ0v) is 9.51. The van der Waals surface area contributed by atoms with Gasteiger partial charge in [0.2, 0.25) is 0 Å².